The highest BCUT2D eigenvalue weighted by molar-refractivity contribution is 6.05. The van der Waals surface area contributed by atoms with Crippen LogP contribution in [0, 0.1) is 20.8 Å². The highest BCUT2D eigenvalue weighted by Crippen LogP contribution is 2.39. The molecule has 4 bridgehead atoms. The van der Waals surface area contributed by atoms with Gasteiger partial charge >= 0.3 is 0 Å². The van der Waals surface area contributed by atoms with Gasteiger partial charge in [-0.15, -0.1) is 0 Å². The first-order valence-electron chi connectivity index (χ1n) is 40.9. The minimum Gasteiger partial charge on any atom is -0.488 e. The third-order valence-electron chi connectivity index (χ3n) is 20.6. The summed E-state index contributed by atoms with van der Waals surface area (Å²) in [7, 11) is 3.11. The molecule has 0 fully saturated rings. The molecule has 0 saturated heterocycles. The molecule has 4 aliphatic heterocycles. The third kappa shape index (κ3) is 27.2. The Balaban J connectivity index is 0.866. The van der Waals surface area contributed by atoms with Gasteiger partial charge in [0, 0.05) is 88.7 Å². The fraction of sp³-hybridized carbons (Fsp3) is 0.347. The summed E-state index contributed by atoms with van der Waals surface area (Å²) in [5.74, 6) is -1.99. The number of ketones is 1. The quantitative estimate of drug-likeness (QED) is 0.0146. The van der Waals surface area contributed by atoms with Crippen molar-refractivity contribution in [3.8, 4) is 28.7 Å². The maximum Gasteiger partial charge on any atom is 0.255 e. The van der Waals surface area contributed by atoms with E-state index < -0.39 is 23.6 Å². The van der Waals surface area contributed by atoms with Crippen LogP contribution in [0.15, 0.2) is 200 Å². The molecular weight excluding hydrogens is 1510 g/mol. The SMILES string of the molecule is COCCNC(=O)c1ccc(C(=O)CCCCN2CCCNC(=O)c3ccc(c(C)c3C)C(=O)NCCCN(CCCNC(=O)c3ccc(C(=O)NCCOC)c(OCc4ccccc4)c3OCc3ccccc3)CCCNC(=O)c3ccc(c(OCc4ccccc4)c3OCc3ccccc3)C(=O)NCCC2)c(OCc2ccccc2)c1C. The van der Waals surface area contributed by atoms with Crippen molar-refractivity contribution >= 4 is 47.1 Å². The molecule has 119 heavy (non-hydrogen) atoms. The molecule has 13 rings (SSSR count). The van der Waals surface area contributed by atoms with Crippen LogP contribution in [0.1, 0.15) is 179 Å². The van der Waals surface area contributed by atoms with Gasteiger partial charge in [-0.2, -0.15) is 0 Å². The zero-order valence-electron chi connectivity index (χ0n) is 68.9. The first-order chi connectivity index (χ1) is 58.1. The standard InChI is InChI=1S/C95H111N9O15/c1-67-68(2)76-40-39-75(67)89(106)96-47-23-55-103(54-22-21-38-83(105)78-42-41-77(91(108)101-52-60-113-4)69(3)84(78)115-62-70-28-11-6-12-29-70)56-25-49-98-92(109)79-43-44-80(86(117-64-72-32-15-8-16-33-72)85(79)116-63-71-30-13-7-14-31-71)93(110)99-50-26-58-104(57-24-48-97-90(76)107)59-27-51-100-94(111)81-45-46-82(95(112)102-53-61-114-5)88(119-66-74-36-19-10-20-37-74)87(81)118-65-73-34-17-9-18-35-73/h6-20,28-37,39-46H,21-27,38,47-66H2,1-5H3,(H,96,106)(H,97,107)(H,98,109)(H,99,110)(H,100,111)(H,101,108)(H,102,112). The molecule has 24 heteroatoms. The predicted octanol–water partition coefficient (Wildman–Crippen LogP) is 12.9. The molecule has 7 amide bonds. The van der Waals surface area contributed by atoms with Gasteiger partial charge in [-0.3, -0.25) is 38.4 Å². The van der Waals surface area contributed by atoms with Gasteiger partial charge in [-0.1, -0.05) is 152 Å². The number of hydrogen-bond donors (Lipinski definition) is 7. The molecule has 9 aromatic rings. The zero-order chi connectivity index (χ0) is 83.9. The number of rotatable bonds is 34. The van der Waals surface area contributed by atoms with Crippen molar-refractivity contribution in [1.82, 2.24) is 47.0 Å². The number of methoxy groups -OCH3 is 2. The molecule has 4 aliphatic rings. The minimum atomic E-state index is -0.453. The molecule has 0 atom stereocenters. The fourth-order valence-corrected chi connectivity index (χ4v) is 13.9. The van der Waals surface area contributed by atoms with Crippen LogP contribution in [-0.4, -0.2) is 169 Å². The summed E-state index contributed by atoms with van der Waals surface area (Å²) in [6, 6.07) is 60.6. The second-order valence-electron chi connectivity index (χ2n) is 29.1. The van der Waals surface area contributed by atoms with Gasteiger partial charge < -0.3 is 80.2 Å². The molecule has 0 radical (unpaired) electrons. The number of Topliss-reactive ketones (excluding diaryl/α,β-unsaturated/α-hetero) is 1. The van der Waals surface area contributed by atoms with Gasteiger partial charge in [0.1, 0.15) is 38.8 Å². The van der Waals surface area contributed by atoms with Crippen molar-refractivity contribution in [2.24, 2.45) is 0 Å². The number of amides is 7. The van der Waals surface area contributed by atoms with Crippen LogP contribution >= 0.6 is 0 Å². The summed E-state index contributed by atoms with van der Waals surface area (Å²) in [4.78, 5) is 118. The topological polar surface area (TPSA) is 292 Å². The Kier molecular flexibility index (Phi) is 35.8. The number of nitrogens with one attached hydrogen (secondary N) is 7. The fourth-order valence-electron chi connectivity index (χ4n) is 13.9. The summed E-state index contributed by atoms with van der Waals surface area (Å²) in [5, 5.41) is 21.3. The molecule has 0 spiro atoms. The smallest absolute Gasteiger partial charge is 0.255 e. The van der Waals surface area contributed by atoms with E-state index in [0.29, 0.717) is 155 Å². The third-order valence-corrected chi connectivity index (χ3v) is 20.6. The first-order valence-corrected chi connectivity index (χ1v) is 40.9. The molecule has 626 valence electrons. The predicted molar refractivity (Wildman–Crippen MR) is 458 cm³/mol. The van der Waals surface area contributed by atoms with Crippen molar-refractivity contribution in [2.45, 2.75) is 105 Å². The Morgan fingerprint density at radius 3 is 1.00 bits per heavy atom. The largest absolute Gasteiger partial charge is 0.488 e. The summed E-state index contributed by atoms with van der Waals surface area (Å²) >= 11 is 0. The molecule has 7 N–H and O–H groups in total. The average molecular weight is 1620 g/mol. The Morgan fingerprint density at radius 1 is 0.328 bits per heavy atom. The van der Waals surface area contributed by atoms with Crippen LogP contribution in [0.4, 0.5) is 0 Å². The summed E-state index contributed by atoms with van der Waals surface area (Å²) in [6.07, 6.45) is 3.98. The van der Waals surface area contributed by atoms with Crippen molar-refractivity contribution in [1.29, 1.82) is 0 Å². The minimum absolute atomic E-state index is 0.0457. The molecule has 0 aromatic heterocycles. The Labute approximate surface area is 697 Å². The lowest BCUT2D eigenvalue weighted by molar-refractivity contribution is 0.0920. The number of carbonyl (C=O) groups is 8. The molecule has 0 saturated carbocycles. The molecule has 0 aliphatic carbocycles. The van der Waals surface area contributed by atoms with E-state index in [1.54, 1.807) is 69.7 Å². The second-order valence-corrected chi connectivity index (χ2v) is 29.1. The molecule has 9 aromatic carbocycles. The number of benzene rings is 9. The normalized spacial score (nSPS) is 13.7. The van der Waals surface area contributed by atoms with Crippen molar-refractivity contribution in [3.05, 3.63) is 289 Å². The van der Waals surface area contributed by atoms with E-state index in [4.69, 9.17) is 33.2 Å². The van der Waals surface area contributed by atoms with Crippen LogP contribution in [-0.2, 0) is 42.5 Å². The number of ether oxygens (including phenoxy) is 7. The van der Waals surface area contributed by atoms with Crippen LogP contribution in [0.3, 0.4) is 0 Å². The number of carbonyl (C=O) groups excluding carboxylic acids is 8. The van der Waals surface area contributed by atoms with E-state index in [2.05, 4.69) is 47.0 Å². The summed E-state index contributed by atoms with van der Waals surface area (Å²) in [5.41, 5.74) is 8.47. The Morgan fingerprint density at radius 2 is 0.630 bits per heavy atom. The van der Waals surface area contributed by atoms with Gasteiger partial charge in [0.25, 0.3) is 41.4 Å². The molecule has 24 nitrogen and oxygen atoms in total. The van der Waals surface area contributed by atoms with E-state index in [1.165, 1.54) is 0 Å². The van der Waals surface area contributed by atoms with Crippen molar-refractivity contribution in [2.75, 3.05) is 113 Å². The van der Waals surface area contributed by atoms with Gasteiger partial charge in [0.15, 0.2) is 28.8 Å². The van der Waals surface area contributed by atoms with Gasteiger partial charge in [-0.25, -0.2) is 0 Å². The molecular formula is C95H111N9O15. The summed E-state index contributed by atoms with van der Waals surface area (Å²) < 4.78 is 43.0. The van der Waals surface area contributed by atoms with Crippen LogP contribution in [0.5, 0.6) is 28.7 Å². The van der Waals surface area contributed by atoms with Crippen molar-refractivity contribution < 1.29 is 71.5 Å². The van der Waals surface area contributed by atoms with E-state index in [-0.39, 0.29) is 141 Å². The zero-order valence-corrected chi connectivity index (χ0v) is 68.9. The Hall–Kier alpha value is -12.2. The first kappa shape index (κ1) is 89.1. The number of unbranched alkanes of at least 4 members (excludes halogenated alkanes) is 1. The van der Waals surface area contributed by atoms with Crippen LogP contribution in [0.25, 0.3) is 0 Å². The van der Waals surface area contributed by atoms with Crippen molar-refractivity contribution in [3.63, 3.8) is 0 Å². The monoisotopic (exact) mass is 1620 g/mol. The van der Waals surface area contributed by atoms with Crippen LogP contribution in [0.2, 0.25) is 0 Å². The maximum atomic E-state index is 14.8. The van der Waals surface area contributed by atoms with E-state index in [1.807, 2.05) is 166 Å². The lowest BCUT2D eigenvalue weighted by Crippen LogP contribution is -2.35. The highest BCUT2D eigenvalue weighted by atomic mass is 16.5. The van der Waals surface area contributed by atoms with E-state index in [0.717, 1.165) is 27.8 Å². The average Bonchev–Trinajstić information content (AvgIpc) is 0.862. The van der Waals surface area contributed by atoms with Gasteiger partial charge in [0.2, 0.25) is 0 Å². The van der Waals surface area contributed by atoms with Gasteiger partial charge in [-0.05, 0) is 192 Å². The Bertz CT molecular complexity index is 4810. The lowest BCUT2D eigenvalue weighted by atomic mass is 9.97. The van der Waals surface area contributed by atoms with E-state index >= 15 is 0 Å². The number of hydrogen-bond acceptors (Lipinski definition) is 17. The summed E-state index contributed by atoms with van der Waals surface area (Å²) in [6.45, 7) is 11.7. The lowest BCUT2D eigenvalue weighted by Gasteiger charge is -2.23. The number of nitrogens with zero attached hydrogens (tertiary/aromatic N) is 2. The van der Waals surface area contributed by atoms with Gasteiger partial charge in [0.05, 0.1) is 41.0 Å². The molecule has 0 unspecified atom stereocenters. The molecule has 4 heterocycles. The highest BCUT2D eigenvalue weighted by Gasteiger charge is 2.29. The maximum absolute atomic E-state index is 14.8. The second kappa shape index (κ2) is 47.9. The van der Waals surface area contributed by atoms with Crippen LogP contribution < -0.4 is 60.9 Å². The van der Waals surface area contributed by atoms with E-state index in [9.17, 15) is 38.4 Å².